The molecule has 3 aromatic carbocycles. The van der Waals surface area contributed by atoms with Crippen molar-refractivity contribution < 1.29 is 9.59 Å². The molecule has 0 fully saturated rings. The van der Waals surface area contributed by atoms with Crippen LogP contribution in [0.3, 0.4) is 0 Å². The molecule has 0 atom stereocenters. The Morgan fingerprint density at radius 1 is 0.939 bits per heavy atom. The Balaban J connectivity index is 1.37. The lowest BCUT2D eigenvalue weighted by Gasteiger charge is -2.05. The molecule has 4 aromatic rings. The van der Waals surface area contributed by atoms with Gasteiger partial charge in [-0.25, -0.2) is 5.43 Å². The lowest BCUT2D eigenvalue weighted by atomic mass is 10.1. The second kappa shape index (κ2) is 10.3. The van der Waals surface area contributed by atoms with Crippen LogP contribution in [0.1, 0.15) is 27.7 Å². The molecule has 7 heteroatoms. The molecule has 0 aliphatic rings. The van der Waals surface area contributed by atoms with Crippen LogP contribution in [0.5, 0.6) is 0 Å². The van der Waals surface area contributed by atoms with Crippen LogP contribution in [0.15, 0.2) is 90.0 Å². The molecule has 1 heterocycles. The highest BCUT2D eigenvalue weighted by atomic mass is 35.5. The van der Waals surface area contributed by atoms with E-state index in [4.69, 9.17) is 11.6 Å². The Morgan fingerprint density at radius 3 is 2.36 bits per heavy atom. The van der Waals surface area contributed by atoms with Crippen molar-refractivity contribution in [2.75, 3.05) is 5.32 Å². The molecule has 0 aliphatic heterocycles. The smallest absolute Gasteiger partial charge is 0.283 e. The predicted molar refractivity (Wildman–Crippen MR) is 137 cm³/mol. The molecule has 1 aromatic heterocycles. The van der Waals surface area contributed by atoms with Crippen LogP contribution in [-0.4, -0.2) is 17.5 Å². The molecule has 5 nitrogen and oxygen atoms in total. The van der Waals surface area contributed by atoms with E-state index in [9.17, 15) is 9.59 Å². The number of thiophene rings is 1. The number of hydrogen-bond donors (Lipinski definition) is 2. The van der Waals surface area contributed by atoms with Gasteiger partial charge in [-0.15, -0.1) is 11.3 Å². The third kappa shape index (κ3) is 5.55. The number of fused-ring (bicyclic) bond motifs is 1. The molecule has 0 unspecified atom stereocenters. The van der Waals surface area contributed by atoms with Crippen LogP contribution in [0.4, 0.5) is 5.69 Å². The van der Waals surface area contributed by atoms with Gasteiger partial charge in [-0.2, -0.15) is 5.10 Å². The first kappa shape index (κ1) is 22.5. The van der Waals surface area contributed by atoms with Crippen LogP contribution < -0.4 is 10.7 Å². The van der Waals surface area contributed by atoms with Crippen molar-refractivity contribution in [2.24, 2.45) is 5.10 Å². The first-order valence-corrected chi connectivity index (χ1v) is 11.4. The molecular weight excluding hydrogens is 454 g/mol. The fourth-order valence-corrected chi connectivity index (χ4v) is 4.53. The van der Waals surface area contributed by atoms with Gasteiger partial charge in [-0.3, -0.25) is 9.59 Å². The number of anilines is 1. The Morgan fingerprint density at radius 2 is 1.64 bits per heavy atom. The molecule has 4 rings (SSSR count). The Hall–Kier alpha value is -3.74. The minimum Gasteiger partial charge on any atom is -0.323 e. The molecule has 0 aliphatic carbocycles. The summed E-state index contributed by atoms with van der Waals surface area (Å²) in [6, 6.07) is 24.4. The number of halogens is 1. The summed E-state index contributed by atoms with van der Waals surface area (Å²) < 4.78 is 0.949. The monoisotopic (exact) mass is 473 g/mol. The largest absolute Gasteiger partial charge is 0.323 e. The fourth-order valence-electron chi connectivity index (χ4n) is 3.12. The summed E-state index contributed by atoms with van der Waals surface area (Å²) in [7, 11) is 0. The molecule has 2 amide bonds. The first-order valence-electron chi connectivity index (χ1n) is 10.2. The van der Waals surface area contributed by atoms with Crippen molar-refractivity contribution >= 4 is 62.3 Å². The van der Waals surface area contributed by atoms with Gasteiger partial charge in [-0.1, -0.05) is 72.3 Å². The zero-order valence-electron chi connectivity index (χ0n) is 17.7. The molecular formula is C26H20ClN3O2S. The summed E-state index contributed by atoms with van der Waals surface area (Å²) in [6.07, 6.45) is 3.25. The quantitative estimate of drug-likeness (QED) is 0.194. The second-order valence-corrected chi connectivity index (χ2v) is 8.62. The minimum atomic E-state index is -0.352. The molecule has 0 spiro atoms. The zero-order chi connectivity index (χ0) is 23.2. The first-order chi connectivity index (χ1) is 16.0. The number of carbonyl (C=O) groups is 2. The van der Waals surface area contributed by atoms with Crippen molar-refractivity contribution in [3.63, 3.8) is 0 Å². The molecule has 164 valence electrons. The lowest BCUT2D eigenvalue weighted by Crippen LogP contribution is -2.18. The SMILES string of the molecule is C/C(=N\NC(=O)c1sc2ccccc2c1Cl)c1ccc(NC(=O)/C=C/c2ccccc2)cc1. The maximum atomic E-state index is 12.6. The van der Waals surface area contributed by atoms with Gasteiger partial charge < -0.3 is 5.32 Å². The van der Waals surface area contributed by atoms with E-state index >= 15 is 0 Å². The van der Waals surface area contributed by atoms with Crippen molar-refractivity contribution in [1.29, 1.82) is 0 Å². The van der Waals surface area contributed by atoms with Crippen LogP contribution in [0, 0.1) is 0 Å². The topological polar surface area (TPSA) is 70.6 Å². The second-order valence-electron chi connectivity index (χ2n) is 7.19. The normalized spacial score (nSPS) is 11.6. The molecule has 0 saturated carbocycles. The molecule has 2 N–H and O–H groups in total. The summed E-state index contributed by atoms with van der Waals surface area (Å²) in [4.78, 5) is 25.1. The number of rotatable bonds is 6. The van der Waals surface area contributed by atoms with Gasteiger partial charge in [0.05, 0.1) is 10.7 Å². The van der Waals surface area contributed by atoms with E-state index in [0.29, 0.717) is 21.3 Å². The van der Waals surface area contributed by atoms with Gasteiger partial charge in [0, 0.05) is 21.8 Å². The summed E-state index contributed by atoms with van der Waals surface area (Å²) in [5.41, 5.74) is 5.63. The summed E-state index contributed by atoms with van der Waals surface area (Å²) in [5.74, 6) is -0.570. The third-order valence-corrected chi connectivity index (χ3v) is 6.54. The zero-order valence-corrected chi connectivity index (χ0v) is 19.3. The van der Waals surface area contributed by atoms with Gasteiger partial charge in [0.15, 0.2) is 0 Å². The van der Waals surface area contributed by atoms with Crippen LogP contribution >= 0.6 is 22.9 Å². The van der Waals surface area contributed by atoms with Crippen LogP contribution in [0.25, 0.3) is 16.2 Å². The number of carbonyl (C=O) groups excluding carboxylic acids is 2. The molecule has 0 radical (unpaired) electrons. The van der Waals surface area contributed by atoms with Gasteiger partial charge >= 0.3 is 0 Å². The maximum absolute atomic E-state index is 12.6. The van der Waals surface area contributed by atoms with Gasteiger partial charge in [-0.05, 0) is 42.3 Å². The van der Waals surface area contributed by atoms with Crippen LogP contribution in [-0.2, 0) is 4.79 Å². The van der Waals surface area contributed by atoms with Crippen molar-refractivity contribution in [1.82, 2.24) is 5.43 Å². The number of hydrazone groups is 1. The van der Waals surface area contributed by atoms with E-state index in [-0.39, 0.29) is 11.8 Å². The van der Waals surface area contributed by atoms with Crippen molar-refractivity contribution in [3.05, 3.63) is 106 Å². The molecule has 0 bridgehead atoms. The van der Waals surface area contributed by atoms with E-state index in [1.807, 2.05) is 66.7 Å². The van der Waals surface area contributed by atoms with Crippen molar-refractivity contribution in [2.45, 2.75) is 6.92 Å². The standard InChI is InChI=1S/C26H20ClN3O2S/c1-17(29-30-26(32)25-24(27)21-9-5-6-10-22(21)33-25)19-12-14-20(15-13-19)28-23(31)16-11-18-7-3-2-4-8-18/h2-16H,1H3,(H,28,31)(H,30,32)/b16-11+,29-17+. The van der Waals surface area contributed by atoms with E-state index in [0.717, 1.165) is 21.2 Å². The lowest BCUT2D eigenvalue weighted by molar-refractivity contribution is -0.111. The van der Waals surface area contributed by atoms with Crippen LogP contribution in [0.2, 0.25) is 5.02 Å². The molecule has 33 heavy (non-hydrogen) atoms. The van der Waals surface area contributed by atoms with E-state index in [2.05, 4.69) is 15.8 Å². The van der Waals surface area contributed by atoms with Crippen molar-refractivity contribution in [3.8, 4) is 0 Å². The number of nitrogens with one attached hydrogen (secondary N) is 2. The number of benzene rings is 3. The van der Waals surface area contributed by atoms with E-state index < -0.39 is 0 Å². The Kier molecular flexibility index (Phi) is 6.98. The number of nitrogens with zero attached hydrogens (tertiary/aromatic N) is 1. The predicted octanol–water partition coefficient (Wildman–Crippen LogP) is 6.36. The summed E-state index contributed by atoms with van der Waals surface area (Å²) in [6.45, 7) is 1.79. The molecule has 0 saturated heterocycles. The highest BCUT2D eigenvalue weighted by Crippen LogP contribution is 2.34. The fraction of sp³-hybridized carbons (Fsp3) is 0.0385. The Labute approximate surface area is 200 Å². The van der Waals surface area contributed by atoms with E-state index in [1.165, 1.54) is 17.4 Å². The van der Waals surface area contributed by atoms with Gasteiger partial charge in [0.1, 0.15) is 4.88 Å². The maximum Gasteiger partial charge on any atom is 0.283 e. The summed E-state index contributed by atoms with van der Waals surface area (Å²) >= 11 is 7.69. The Bertz CT molecular complexity index is 1360. The highest BCUT2D eigenvalue weighted by molar-refractivity contribution is 7.21. The van der Waals surface area contributed by atoms with Gasteiger partial charge in [0.2, 0.25) is 5.91 Å². The number of hydrogen-bond acceptors (Lipinski definition) is 4. The minimum absolute atomic E-state index is 0.218. The summed E-state index contributed by atoms with van der Waals surface area (Å²) in [5, 5.41) is 8.31. The third-order valence-electron chi connectivity index (χ3n) is 4.86. The average Bonchev–Trinajstić information content (AvgIpc) is 3.19. The van der Waals surface area contributed by atoms with E-state index in [1.54, 1.807) is 25.1 Å². The number of amides is 2. The average molecular weight is 474 g/mol. The highest BCUT2D eigenvalue weighted by Gasteiger charge is 2.16. The van der Waals surface area contributed by atoms with Gasteiger partial charge in [0.25, 0.3) is 5.91 Å².